The van der Waals surface area contributed by atoms with E-state index in [0.29, 0.717) is 11.0 Å². The van der Waals surface area contributed by atoms with E-state index in [4.69, 9.17) is 52.0 Å². The molecule has 4 bridgehead atoms. The Labute approximate surface area is 304 Å². The molecule has 0 spiro atoms. The van der Waals surface area contributed by atoms with Gasteiger partial charge in [0.2, 0.25) is 0 Å². The van der Waals surface area contributed by atoms with Gasteiger partial charge < -0.3 is 49.8 Å². The summed E-state index contributed by atoms with van der Waals surface area (Å²) in [5.74, 6) is -3.20. The van der Waals surface area contributed by atoms with Crippen LogP contribution in [0, 0.1) is 0 Å². The molecule has 2 aliphatic heterocycles. The van der Waals surface area contributed by atoms with Gasteiger partial charge in [0.1, 0.15) is 47.4 Å². The number of hydrogen-bond donors (Lipinski definition) is 4. The highest BCUT2D eigenvalue weighted by Crippen LogP contribution is 2.40. The van der Waals surface area contributed by atoms with Gasteiger partial charge >= 0.3 is 11.9 Å². The number of rotatable bonds is 6. The standard InChI is InChI=1S/C36H29ClN6O10/c1-50-29-18(31(38)44)5-7-24-27(29)40-33-17-4-3-16(13-21(17)35(46)47)52-11-12-53-26-15-20(22(36(48)49)14-23(26)37)34-41-28-25(43(34)10-9-42(24)33)8-6-19(32(39)45)30(28)51-2/h3-8,13-15H,9-12H2,1-2H3,(H2,38,44)(H2,39,45)(H,46,47)(H,48,49). The molecule has 0 radical (unpaired) electrons. The fraction of sp³-hybridized carbons (Fsp3) is 0.167. The van der Waals surface area contributed by atoms with Crippen LogP contribution in [0.5, 0.6) is 23.0 Å². The maximum atomic E-state index is 12.7. The number of halogens is 1. The lowest BCUT2D eigenvalue weighted by Gasteiger charge is -2.16. The van der Waals surface area contributed by atoms with Crippen LogP contribution in [0.15, 0.2) is 54.6 Å². The summed E-state index contributed by atoms with van der Waals surface area (Å²) in [4.78, 5) is 59.7. The number of hydrogen-bond acceptors (Lipinski definition) is 10. The molecule has 4 heterocycles. The van der Waals surface area contributed by atoms with Gasteiger partial charge in [-0.2, -0.15) is 0 Å². The Hall–Kier alpha value is -6.81. The first-order chi connectivity index (χ1) is 25.4. The van der Waals surface area contributed by atoms with Gasteiger partial charge in [-0.3, -0.25) is 9.59 Å². The molecular weight excluding hydrogens is 712 g/mol. The zero-order chi connectivity index (χ0) is 37.7. The van der Waals surface area contributed by atoms with Crippen LogP contribution in [0.25, 0.3) is 44.8 Å². The molecule has 0 fully saturated rings. The molecule has 0 unspecified atom stereocenters. The average Bonchev–Trinajstić information content (AvgIpc) is 3.69. The molecule has 53 heavy (non-hydrogen) atoms. The number of aromatic carboxylic acids is 2. The highest BCUT2D eigenvalue weighted by atomic mass is 35.5. The Balaban J connectivity index is 1.55. The van der Waals surface area contributed by atoms with Gasteiger partial charge in [0.15, 0.2) is 11.5 Å². The predicted octanol–water partition coefficient (Wildman–Crippen LogP) is 4.46. The zero-order valence-electron chi connectivity index (χ0n) is 28.0. The highest BCUT2D eigenvalue weighted by Gasteiger charge is 2.28. The minimum atomic E-state index is -1.30. The number of amides is 2. The van der Waals surface area contributed by atoms with Crippen LogP contribution in [0.3, 0.4) is 0 Å². The van der Waals surface area contributed by atoms with Crippen LogP contribution in [-0.4, -0.2) is 80.5 Å². The van der Waals surface area contributed by atoms with Crippen LogP contribution in [0.2, 0.25) is 5.02 Å². The van der Waals surface area contributed by atoms with Crippen LogP contribution in [0.4, 0.5) is 0 Å². The molecule has 4 aromatic carbocycles. The highest BCUT2D eigenvalue weighted by molar-refractivity contribution is 6.32. The van der Waals surface area contributed by atoms with Gasteiger partial charge in [-0.05, 0) is 54.6 Å². The summed E-state index contributed by atoms with van der Waals surface area (Å²) in [6, 6.07) is 13.4. The summed E-state index contributed by atoms with van der Waals surface area (Å²) in [6.45, 7) is 0.0341. The summed E-state index contributed by atoms with van der Waals surface area (Å²) in [6.07, 6.45) is 0. The maximum absolute atomic E-state index is 12.7. The van der Waals surface area contributed by atoms with Crippen molar-refractivity contribution in [2.45, 2.75) is 13.1 Å². The van der Waals surface area contributed by atoms with Crippen molar-refractivity contribution in [2.75, 3.05) is 27.4 Å². The number of carboxylic acid groups (broad SMARTS) is 2. The van der Waals surface area contributed by atoms with E-state index < -0.39 is 23.8 Å². The van der Waals surface area contributed by atoms with Crippen LogP contribution in [-0.2, 0) is 13.1 Å². The lowest BCUT2D eigenvalue weighted by molar-refractivity contribution is 0.0686. The SMILES string of the molecule is COc1c(C(N)=O)ccc2c1nc1n2CCn2c(nc3c(OC)c(C(N)=O)ccc32)-c2cc(c(Cl)cc2C(=O)O)OCCOc2ccc-1c(C(=O)O)c2. The third-order valence-electron chi connectivity index (χ3n) is 8.85. The third-order valence-corrected chi connectivity index (χ3v) is 9.15. The fourth-order valence-electron chi connectivity index (χ4n) is 6.52. The number of aromatic nitrogens is 4. The molecule has 0 aliphatic carbocycles. The fourth-order valence-corrected chi connectivity index (χ4v) is 6.74. The van der Waals surface area contributed by atoms with Crippen molar-refractivity contribution >= 4 is 57.4 Å². The topological polar surface area (TPSA) is 233 Å². The minimum Gasteiger partial charge on any atom is -0.494 e. The van der Waals surface area contributed by atoms with Gasteiger partial charge in [-0.25, -0.2) is 19.6 Å². The van der Waals surface area contributed by atoms with E-state index in [-0.39, 0.29) is 110 Å². The molecular formula is C36H29ClN6O10. The first kappa shape index (κ1) is 34.6. The number of carbonyl (C=O) groups is 4. The van der Waals surface area contributed by atoms with Gasteiger partial charge in [0, 0.05) is 24.2 Å². The number of methoxy groups -OCH3 is 2. The number of benzene rings is 4. The van der Waals surface area contributed by atoms with Gasteiger partial charge in [-0.1, -0.05) is 11.6 Å². The molecule has 8 rings (SSSR count). The number of carbonyl (C=O) groups excluding carboxylic acids is 2. The van der Waals surface area contributed by atoms with E-state index in [1.807, 2.05) is 0 Å². The first-order valence-corrected chi connectivity index (χ1v) is 16.3. The molecule has 2 aliphatic rings. The zero-order valence-corrected chi connectivity index (χ0v) is 28.8. The molecule has 17 heteroatoms. The van der Waals surface area contributed by atoms with Crippen LogP contribution in [0.1, 0.15) is 41.4 Å². The summed E-state index contributed by atoms with van der Waals surface area (Å²) in [5, 5.41) is 20.7. The molecule has 6 aromatic rings. The molecule has 0 saturated heterocycles. The van der Waals surface area contributed by atoms with Crippen molar-refractivity contribution in [1.82, 2.24) is 19.1 Å². The number of aryl methyl sites for hydroxylation is 2. The van der Waals surface area contributed by atoms with E-state index in [2.05, 4.69) is 0 Å². The number of nitrogens with two attached hydrogens (primary N) is 2. The van der Waals surface area contributed by atoms with Crippen LogP contribution >= 0.6 is 11.6 Å². The Morgan fingerprint density at radius 3 is 1.72 bits per heavy atom. The second-order valence-electron chi connectivity index (χ2n) is 11.8. The van der Waals surface area contributed by atoms with E-state index in [1.54, 1.807) is 33.4 Å². The molecule has 270 valence electrons. The molecule has 0 saturated carbocycles. The number of carboxylic acids is 2. The summed E-state index contributed by atoms with van der Waals surface area (Å²) >= 11 is 6.51. The molecule has 16 nitrogen and oxygen atoms in total. The number of nitrogens with zero attached hydrogens (tertiary/aromatic N) is 4. The van der Waals surface area contributed by atoms with Crippen molar-refractivity contribution in [3.8, 4) is 45.8 Å². The number of imidazole rings is 2. The Kier molecular flexibility index (Phi) is 8.75. The monoisotopic (exact) mass is 740 g/mol. The summed E-state index contributed by atoms with van der Waals surface area (Å²) in [7, 11) is 2.71. The quantitative estimate of drug-likeness (QED) is 0.185. The van der Waals surface area contributed by atoms with Gasteiger partial charge in [-0.15, -0.1) is 0 Å². The third kappa shape index (κ3) is 5.84. The van der Waals surface area contributed by atoms with E-state index in [9.17, 15) is 29.4 Å². The number of primary amides is 2. The maximum Gasteiger partial charge on any atom is 0.336 e. The minimum absolute atomic E-state index is 0.0108. The van der Waals surface area contributed by atoms with Crippen molar-refractivity contribution in [1.29, 1.82) is 0 Å². The normalized spacial score (nSPS) is 12.7. The lowest BCUT2D eigenvalue weighted by atomic mass is 10.1. The van der Waals surface area contributed by atoms with Crippen molar-refractivity contribution in [3.05, 3.63) is 81.9 Å². The van der Waals surface area contributed by atoms with Crippen molar-refractivity contribution < 1.29 is 48.3 Å². The Bertz CT molecular complexity index is 2540. The van der Waals surface area contributed by atoms with Gasteiger partial charge in [0.25, 0.3) is 11.8 Å². The largest absolute Gasteiger partial charge is 0.494 e. The molecule has 0 atom stereocenters. The van der Waals surface area contributed by atoms with Gasteiger partial charge in [0.05, 0.1) is 52.5 Å². The van der Waals surface area contributed by atoms with Crippen LogP contribution < -0.4 is 30.4 Å². The predicted molar refractivity (Wildman–Crippen MR) is 190 cm³/mol. The summed E-state index contributed by atoms with van der Waals surface area (Å²) < 4.78 is 26.4. The molecule has 2 aromatic heterocycles. The first-order valence-electron chi connectivity index (χ1n) is 15.9. The Morgan fingerprint density at radius 1 is 0.698 bits per heavy atom. The smallest absolute Gasteiger partial charge is 0.336 e. The molecule has 6 N–H and O–H groups in total. The number of ether oxygens (including phenoxy) is 4. The van der Waals surface area contributed by atoms with E-state index in [1.165, 1.54) is 44.6 Å². The lowest BCUT2D eigenvalue weighted by Crippen LogP contribution is -2.14. The van der Waals surface area contributed by atoms with E-state index in [0.717, 1.165) is 0 Å². The van der Waals surface area contributed by atoms with Crippen molar-refractivity contribution in [2.24, 2.45) is 11.5 Å². The number of fused-ring (bicyclic) bond motifs is 8. The summed E-state index contributed by atoms with van der Waals surface area (Å²) in [5.41, 5.74) is 12.8. The van der Waals surface area contributed by atoms with E-state index >= 15 is 0 Å². The second-order valence-corrected chi connectivity index (χ2v) is 12.2. The Morgan fingerprint density at radius 2 is 1.21 bits per heavy atom. The second kappa shape index (κ2) is 13.4. The van der Waals surface area contributed by atoms with Crippen molar-refractivity contribution in [3.63, 3.8) is 0 Å². The average molecular weight is 741 g/mol. The molecule has 2 amide bonds.